The van der Waals surface area contributed by atoms with E-state index in [4.69, 9.17) is 0 Å². The third kappa shape index (κ3) is 8.70. The van der Waals surface area contributed by atoms with E-state index in [9.17, 15) is 0 Å². The molecule has 0 spiro atoms. The second-order valence-corrected chi connectivity index (χ2v) is 6.49. The van der Waals surface area contributed by atoms with E-state index in [0.717, 1.165) is 8.58 Å². The molecule has 102 valence electrons. The van der Waals surface area contributed by atoms with Crippen LogP contribution >= 0.6 is 8.58 Å². The fraction of sp³-hybridized carbons (Fsp3) is 0.647. The minimum atomic E-state index is 1.12. The summed E-state index contributed by atoms with van der Waals surface area (Å²) in [7, 11) is 1.12. The largest absolute Gasteiger partial charge is 0.118 e. The van der Waals surface area contributed by atoms with Gasteiger partial charge in [-0.2, -0.15) is 0 Å². The maximum Gasteiger partial charge on any atom is -0.0101 e. The first kappa shape index (κ1) is 15.7. The Labute approximate surface area is 115 Å². The van der Waals surface area contributed by atoms with Gasteiger partial charge in [0.25, 0.3) is 0 Å². The predicted molar refractivity (Wildman–Crippen MR) is 85.9 cm³/mol. The summed E-state index contributed by atoms with van der Waals surface area (Å²) in [6.07, 6.45) is 14.2. The Bertz CT molecular complexity index is 268. The predicted octanol–water partition coefficient (Wildman–Crippen LogP) is 6.01. The van der Waals surface area contributed by atoms with Crippen LogP contribution in [0.1, 0.15) is 63.9 Å². The van der Waals surface area contributed by atoms with Gasteiger partial charge in [0.15, 0.2) is 0 Å². The Hall–Kier alpha value is -0.350. The zero-order valence-corrected chi connectivity index (χ0v) is 13.0. The number of benzene rings is 1. The Morgan fingerprint density at radius 2 is 1.39 bits per heavy atom. The van der Waals surface area contributed by atoms with E-state index in [0.29, 0.717) is 0 Å². The van der Waals surface area contributed by atoms with Crippen molar-refractivity contribution >= 4 is 8.58 Å². The number of hydrogen-bond acceptors (Lipinski definition) is 0. The lowest BCUT2D eigenvalue weighted by Crippen LogP contribution is -1.83. The van der Waals surface area contributed by atoms with E-state index < -0.39 is 0 Å². The minimum Gasteiger partial charge on any atom is -0.118 e. The van der Waals surface area contributed by atoms with E-state index in [1.54, 1.807) is 0 Å². The fourth-order valence-electron chi connectivity index (χ4n) is 2.21. The van der Waals surface area contributed by atoms with Gasteiger partial charge in [-0.3, -0.25) is 0 Å². The summed E-state index contributed by atoms with van der Waals surface area (Å²) in [5.41, 5.74) is 1.51. The molecular formula is C17H29P. The molecule has 0 aliphatic carbocycles. The summed E-state index contributed by atoms with van der Waals surface area (Å²) in [5, 5.41) is 0. The molecule has 0 aliphatic heterocycles. The summed E-state index contributed by atoms with van der Waals surface area (Å²) in [5.74, 6) is 0. The SMILES string of the molecule is CCCCCCCCCCPCc1ccccc1. The molecule has 1 aromatic carbocycles. The van der Waals surface area contributed by atoms with Crippen molar-refractivity contribution in [1.29, 1.82) is 0 Å². The van der Waals surface area contributed by atoms with Gasteiger partial charge in [-0.1, -0.05) is 82.2 Å². The summed E-state index contributed by atoms with van der Waals surface area (Å²) in [6, 6.07) is 10.9. The van der Waals surface area contributed by atoms with Crippen molar-refractivity contribution in [1.82, 2.24) is 0 Å². The Morgan fingerprint density at radius 3 is 2.06 bits per heavy atom. The molecule has 1 aromatic rings. The molecule has 0 amide bonds. The standard InChI is InChI=1S/C17H29P/c1-2-3-4-5-6-7-8-12-15-18-16-17-13-10-9-11-14-17/h9-11,13-14,18H,2-8,12,15-16H2,1H3. The van der Waals surface area contributed by atoms with E-state index in [1.165, 1.54) is 69.3 Å². The summed E-state index contributed by atoms with van der Waals surface area (Å²) < 4.78 is 0. The fourth-order valence-corrected chi connectivity index (χ4v) is 3.41. The first-order chi connectivity index (χ1) is 8.93. The lowest BCUT2D eigenvalue weighted by Gasteiger charge is -2.03. The van der Waals surface area contributed by atoms with Crippen molar-refractivity contribution in [3.05, 3.63) is 35.9 Å². The van der Waals surface area contributed by atoms with E-state index in [-0.39, 0.29) is 0 Å². The summed E-state index contributed by atoms with van der Waals surface area (Å²) >= 11 is 0. The minimum absolute atomic E-state index is 1.12. The van der Waals surface area contributed by atoms with Crippen molar-refractivity contribution < 1.29 is 0 Å². The molecule has 1 unspecified atom stereocenters. The average Bonchev–Trinajstić information content (AvgIpc) is 2.42. The molecule has 0 aromatic heterocycles. The van der Waals surface area contributed by atoms with Crippen LogP contribution in [-0.2, 0) is 6.16 Å². The van der Waals surface area contributed by atoms with Crippen LogP contribution < -0.4 is 0 Å². The van der Waals surface area contributed by atoms with Crippen LogP contribution in [0.3, 0.4) is 0 Å². The lowest BCUT2D eigenvalue weighted by molar-refractivity contribution is 0.586. The molecule has 0 aliphatic rings. The molecule has 1 rings (SSSR count). The highest BCUT2D eigenvalue weighted by atomic mass is 31.1. The molecular weight excluding hydrogens is 235 g/mol. The third-order valence-electron chi connectivity index (χ3n) is 3.38. The van der Waals surface area contributed by atoms with Gasteiger partial charge in [-0.15, -0.1) is 8.58 Å². The zero-order chi connectivity index (χ0) is 12.9. The highest BCUT2D eigenvalue weighted by Gasteiger charge is 1.93. The average molecular weight is 264 g/mol. The van der Waals surface area contributed by atoms with Gasteiger partial charge >= 0.3 is 0 Å². The van der Waals surface area contributed by atoms with E-state index in [2.05, 4.69) is 37.3 Å². The van der Waals surface area contributed by atoms with Crippen LogP contribution in [-0.4, -0.2) is 6.16 Å². The normalized spacial score (nSPS) is 11.4. The molecule has 0 nitrogen and oxygen atoms in total. The van der Waals surface area contributed by atoms with Crippen molar-refractivity contribution in [3.8, 4) is 0 Å². The van der Waals surface area contributed by atoms with Crippen LogP contribution in [0.25, 0.3) is 0 Å². The molecule has 1 atom stereocenters. The van der Waals surface area contributed by atoms with Crippen LogP contribution in [0.5, 0.6) is 0 Å². The Morgan fingerprint density at radius 1 is 0.778 bits per heavy atom. The number of unbranched alkanes of at least 4 members (excludes halogenated alkanes) is 7. The molecule has 0 N–H and O–H groups in total. The van der Waals surface area contributed by atoms with Crippen LogP contribution in [0, 0.1) is 0 Å². The maximum absolute atomic E-state index is 2.29. The second-order valence-electron chi connectivity index (χ2n) is 5.14. The van der Waals surface area contributed by atoms with Gasteiger partial charge in [0.2, 0.25) is 0 Å². The Balaban J connectivity index is 1.82. The number of rotatable bonds is 11. The van der Waals surface area contributed by atoms with Crippen molar-refractivity contribution in [2.75, 3.05) is 6.16 Å². The maximum atomic E-state index is 2.29. The smallest absolute Gasteiger partial charge is 0.0101 e. The molecule has 18 heavy (non-hydrogen) atoms. The van der Waals surface area contributed by atoms with Gasteiger partial charge < -0.3 is 0 Å². The van der Waals surface area contributed by atoms with Crippen molar-refractivity contribution in [2.45, 2.75) is 64.5 Å². The van der Waals surface area contributed by atoms with Gasteiger partial charge in [-0.05, 0) is 24.3 Å². The second kappa shape index (κ2) is 11.7. The molecule has 0 saturated carbocycles. The highest BCUT2D eigenvalue weighted by molar-refractivity contribution is 7.37. The monoisotopic (exact) mass is 264 g/mol. The first-order valence-corrected chi connectivity index (χ1v) is 9.09. The quantitative estimate of drug-likeness (QED) is 0.339. The molecule has 0 bridgehead atoms. The molecule has 1 heteroatoms. The summed E-state index contributed by atoms with van der Waals surface area (Å²) in [6.45, 7) is 2.29. The van der Waals surface area contributed by atoms with Gasteiger partial charge in [0.05, 0.1) is 0 Å². The lowest BCUT2D eigenvalue weighted by atomic mass is 10.1. The van der Waals surface area contributed by atoms with Crippen LogP contribution in [0.2, 0.25) is 0 Å². The van der Waals surface area contributed by atoms with Crippen LogP contribution in [0.4, 0.5) is 0 Å². The van der Waals surface area contributed by atoms with Gasteiger partial charge in [0.1, 0.15) is 0 Å². The van der Waals surface area contributed by atoms with E-state index >= 15 is 0 Å². The molecule has 0 heterocycles. The highest BCUT2D eigenvalue weighted by Crippen LogP contribution is 2.20. The third-order valence-corrected chi connectivity index (χ3v) is 4.74. The molecule has 0 radical (unpaired) electrons. The van der Waals surface area contributed by atoms with Gasteiger partial charge in [0, 0.05) is 0 Å². The number of hydrogen-bond donors (Lipinski definition) is 0. The summed E-state index contributed by atoms with van der Waals surface area (Å²) in [4.78, 5) is 0. The Kier molecular flexibility index (Phi) is 10.2. The van der Waals surface area contributed by atoms with Crippen LogP contribution in [0.15, 0.2) is 30.3 Å². The van der Waals surface area contributed by atoms with Gasteiger partial charge in [-0.25, -0.2) is 0 Å². The van der Waals surface area contributed by atoms with Crippen molar-refractivity contribution in [2.24, 2.45) is 0 Å². The first-order valence-electron chi connectivity index (χ1n) is 7.68. The van der Waals surface area contributed by atoms with Crippen molar-refractivity contribution in [3.63, 3.8) is 0 Å². The topological polar surface area (TPSA) is 0 Å². The van der Waals surface area contributed by atoms with E-state index in [1.807, 2.05) is 0 Å². The molecule has 0 saturated heterocycles. The molecule has 0 fully saturated rings. The zero-order valence-electron chi connectivity index (χ0n) is 12.0.